The first-order valence-corrected chi connectivity index (χ1v) is 8.63. The summed E-state index contributed by atoms with van der Waals surface area (Å²) in [4.78, 5) is 2.61. The van der Waals surface area contributed by atoms with Gasteiger partial charge in [0.05, 0.1) is 12.2 Å². The van der Waals surface area contributed by atoms with E-state index in [-0.39, 0.29) is 0 Å². The Morgan fingerprint density at radius 3 is 2.94 bits per heavy atom. The Labute approximate surface area is 116 Å². The molecule has 1 N–H and O–H groups in total. The van der Waals surface area contributed by atoms with Gasteiger partial charge >= 0.3 is 0 Å². The minimum Gasteiger partial charge on any atom is -0.372 e. The number of hydrogen-bond donors (Lipinski definition) is 1. The van der Waals surface area contributed by atoms with Gasteiger partial charge in [0.2, 0.25) is 0 Å². The molecule has 0 spiro atoms. The molecule has 0 aromatic heterocycles. The second-order valence-electron chi connectivity index (χ2n) is 5.58. The normalized spacial score (nSPS) is 34.0. The standard InChI is InChI=1S/C14H28N2OS/c1-3-6-15-9-13-4-5-14(17-13)10-16-7-8-18-11-12(16)2/h12-15H,3-11H2,1-2H3. The van der Waals surface area contributed by atoms with Crippen molar-refractivity contribution < 1.29 is 4.74 Å². The Balaban J connectivity index is 1.65. The van der Waals surface area contributed by atoms with Crippen LogP contribution in [-0.2, 0) is 4.74 Å². The van der Waals surface area contributed by atoms with Crippen molar-refractivity contribution in [1.29, 1.82) is 0 Å². The maximum Gasteiger partial charge on any atom is 0.0707 e. The van der Waals surface area contributed by atoms with Crippen molar-refractivity contribution >= 4 is 11.8 Å². The van der Waals surface area contributed by atoms with Crippen LogP contribution in [0, 0.1) is 0 Å². The average molecular weight is 272 g/mol. The summed E-state index contributed by atoms with van der Waals surface area (Å²) in [6.45, 7) is 9.10. The Morgan fingerprint density at radius 2 is 2.17 bits per heavy atom. The van der Waals surface area contributed by atoms with E-state index in [1.165, 1.54) is 37.3 Å². The lowest BCUT2D eigenvalue weighted by molar-refractivity contribution is 0.0185. The van der Waals surface area contributed by atoms with Gasteiger partial charge in [-0.05, 0) is 32.7 Å². The zero-order chi connectivity index (χ0) is 12.8. The summed E-state index contributed by atoms with van der Waals surface area (Å²) < 4.78 is 6.15. The summed E-state index contributed by atoms with van der Waals surface area (Å²) in [7, 11) is 0. The van der Waals surface area contributed by atoms with E-state index < -0.39 is 0 Å². The number of rotatable bonds is 6. The number of ether oxygens (including phenoxy) is 1. The second kappa shape index (κ2) is 7.73. The maximum absolute atomic E-state index is 6.15. The molecule has 2 aliphatic rings. The number of nitrogens with one attached hydrogen (secondary N) is 1. The van der Waals surface area contributed by atoms with Gasteiger partial charge in [-0.15, -0.1) is 0 Å². The van der Waals surface area contributed by atoms with Crippen LogP contribution in [0.4, 0.5) is 0 Å². The predicted octanol–water partition coefficient (Wildman–Crippen LogP) is 1.97. The SMILES string of the molecule is CCCNCC1CCC(CN2CCSCC2C)O1. The molecule has 0 bridgehead atoms. The maximum atomic E-state index is 6.15. The molecule has 3 nitrogen and oxygen atoms in total. The molecule has 2 fully saturated rings. The van der Waals surface area contributed by atoms with Gasteiger partial charge in [0.1, 0.15) is 0 Å². The molecule has 2 rings (SSSR count). The van der Waals surface area contributed by atoms with Crippen LogP contribution in [0.3, 0.4) is 0 Å². The van der Waals surface area contributed by atoms with E-state index in [0.29, 0.717) is 12.2 Å². The smallest absolute Gasteiger partial charge is 0.0707 e. The van der Waals surface area contributed by atoms with Crippen molar-refractivity contribution in [2.24, 2.45) is 0 Å². The van der Waals surface area contributed by atoms with Gasteiger partial charge in [-0.25, -0.2) is 0 Å². The molecule has 0 saturated carbocycles. The second-order valence-corrected chi connectivity index (χ2v) is 6.73. The Hall–Kier alpha value is 0.230. The van der Waals surface area contributed by atoms with E-state index >= 15 is 0 Å². The molecule has 0 aliphatic carbocycles. The van der Waals surface area contributed by atoms with Crippen LogP contribution in [0.25, 0.3) is 0 Å². The molecule has 3 atom stereocenters. The molecule has 0 aromatic carbocycles. The van der Waals surface area contributed by atoms with Crippen molar-refractivity contribution in [3.63, 3.8) is 0 Å². The van der Waals surface area contributed by atoms with Gasteiger partial charge in [-0.3, -0.25) is 4.90 Å². The first-order valence-electron chi connectivity index (χ1n) is 7.47. The molecule has 0 aromatic rings. The van der Waals surface area contributed by atoms with Crippen LogP contribution in [0.5, 0.6) is 0 Å². The fraction of sp³-hybridized carbons (Fsp3) is 1.00. The van der Waals surface area contributed by atoms with Crippen LogP contribution in [0.2, 0.25) is 0 Å². The molecule has 3 unspecified atom stereocenters. The van der Waals surface area contributed by atoms with Crippen LogP contribution < -0.4 is 5.32 Å². The van der Waals surface area contributed by atoms with Gasteiger partial charge in [-0.2, -0.15) is 11.8 Å². The highest BCUT2D eigenvalue weighted by molar-refractivity contribution is 7.99. The van der Waals surface area contributed by atoms with Crippen LogP contribution in [-0.4, -0.2) is 60.8 Å². The monoisotopic (exact) mass is 272 g/mol. The first-order chi connectivity index (χ1) is 8.79. The van der Waals surface area contributed by atoms with Gasteiger partial charge in [0.15, 0.2) is 0 Å². The summed E-state index contributed by atoms with van der Waals surface area (Å²) in [6.07, 6.45) is 4.62. The highest BCUT2D eigenvalue weighted by atomic mass is 32.2. The molecule has 0 radical (unpaired) electrons. The van der Waals surface area contributed by atoms with Crippen molar-refractivity contribution in [2.45, 2.75) is 51.4 Å². The molecule has 0 amide bonds. The fourth-order valence-electron chi connectivity index (χ4n) is 2.80. The zero-order valence-electron chi connectivity index (χ0n) is 11.9. The lowest BCUT2D eigenvalue weighted by atomic mass is 10.1. The number of nitrogens with zero attached hydrogens (tertiary/aromatic N) is 1. The zero-order valence-corrected chi connectivity index (χ0v) is 12.7. The van der Waals surface area contributed by atoms with E-state index in [1.54, 1.807) is 0 Å². The van der Waals surface area contributed by atoms with E-state index in [2.05, 4.69) is 35.8 Å². The summed E-state index contributed by atoms with van der Waals surface area (Å²) in [6, 6.07) is 0.726. The summed E-state index contributed by atoms with van der Waals surface area (Å²) in [5, 5.41) is 3.47. The third kappa shape index (κ3) is 4.41. The molecule has 106 valence electrons. The molecular weight excluding hydrogens is 244 g/mol. The molecular formula is C14H28N2OS. The Bertz CT molecular complexity index is 240. The lowest BCUT2D eigenvalue weighted by Crippen LogP contribution is -2.44. The van der Waals surface area contributed by atoms with Gasteiger partial charge in [0.25, 0.3) is 0 Å². The largest absolute Gasteiger partial charge is 0.372 e. The molecule has 4 heteroatoms. The first kappa shape index (κ1) is 14.6. The van der Waals surface area contributed by atoms with E-state index in [0.717, 1.165) is 25.7 Å². The summed E-state index contributed by atoms with van der Waals surface area (Å²) in [5.41, 5.74) is 0. The molecule has 2 saturated heterocycles. The van der Waals surface area contributed by atoms with Gasteiger partial charge < -0.3 is 10.1 Å². The Kier molecular flexibility index (Phi) is 6.29. The molecule has 2 heterocycles. The third-order valence-corrected chi connectivity index (χ3v) is 5.13. The van der Waals surface area contributed by atoms with Crippen LogP contribution in [0.1, 0.15) is 33.1 Å². The van der Waals surface area contributed by atoms with Gasteiger partial charge in [-0.1, -0.05) is 6.92 Å². The van der Waals surface area contributed by atoms with E-state index in [1.807, 2.05) is 0 Å². The van der Waals surface area contributed by atoms with Crippen LogP contribution >= 0.6 is 11.8 Å². The predicted molar refractivity (Wildman–Crippen MR) is 79.4 cm³/mol. The molecule has 2 aliphatic heterocycles. The minimum atomic E-state index is 0.455. The van der Waals surface area contributed by atoms with Crippen molar-refractivity contribution in [2.75, 3.05) is 37.7 Å². The minimum absolute atomic E-state index is 0.455. The van der Waals surface area contributed by atoms with Crippen LogP contribution in [0.15, 0.2) is 0 Å². The van der Waals surface area contributed by atoms with E-state index in [9.17, 15) is 0 Å². The van der Waals surface area contributed by atoms with Crippen molar-refractivity contribution in [1.82, 2.24) is 10.2 Å². The summed E-state index contributed by atoms with van der Waals surface area (Å²) in [5.74, 6) is 2.58. The quantitative estimate of drug-likeness (QED) is 0.747. The highest BCUT2D eigenvalue weighted by Crippen LogP contribution is 2.23. The number of hydrogen-bond acceptors (Lipinski definition) is 4. The van der Waals surface area contributed by atoms with Crippen molar-refractivity contribution in [3.05, 3.63) is 0 Å². The number of thioether (sulfide) groups is 1. The average Bonchev–Trinajstić information content (AvgIpc) is 2.80. The van der Waals surface area contributed by atoms with Gasteiger partial charge in [0, 0.05) is 37.2 Å². The topological polar surface area (TPSA) is 24.5 Å². The summed E-state index contributed by atoms with van der Waals surface area (Å²) >= 11 is 2.09. The lowest BCUT2D eigenvalue weighted by Gasteiger charge is -2.34. The fourth-order valence-corrected chi connectivity index (χ4v) is 3.88. The highest BCUT2D eigenvalue weighted by Gasteiger charge is 2.28. The Morgan fingerprint density at radius 1 is 1.33 bits per heavy atom. The molecule has 18 heavy (non-hydrogen) atoms. The third-order valence-electron chi connectivity index (χ3n) is 3.94. The van der Waals surface area contributed by atoms with Crippen molar-refractivity contribution in [3.8, 4) is 0 Å². The van der Waals surface area contributed by atoms with E-state index in [4.69, 9.17) is 4.74 Å².